The molecule has 2 aliphatic rings. The fraction of sp³-hybridized carbons (Fsp3) is 0.289. The molecule has 2 N–H and O–H groups in total. The van der Waals surface area contributed by atoms with Crippen molar-refractivity contribution < 1.29 is 24.1 Å². The van der Waals surface area contributed by atoms with E-state index in [-0.39, 0.29) is 30.4 Å². The lowest BCUT2D eigenvalue weighted by Crippen LogP contribution is -2.44. The van der Waals surface area contributed by atoms with Crippen LogP contribution in [0.25, 0.3) is 22.2 Å². The molecule has 1 amide bonds. The second kappa shape index (κ2) is 14.5. The summed E-state index contributed by atoms with van der Waals surface area (Å²) in [5.41, 5.74) is 7.64. The number of morpholine rings is 1. The molecule has 0 spiro atoms. The number of carbonyl (C=O) groups excluding carboxylic acids is 1. The molecule has 9 nitrogen and oxygen atoms in total. The van der Waals surface area contributed by atoms with E-state index in [0.29, 0.717) is 12.1 Å². The summed E-state index contributed by atoms with van der Waals surface area (Å²) in [6.07, 6.45) is 1.55. The molecule has 0 aliphatic carbocycles. The highest BCUT2D eigenvalue weighted by atomic mass is 16.7. The highest BCUT2D eigenvalue weighted by molar-refractivity contribution is 5.93. The van der Waals surface area contributed by atoms with E-state index < -0.39 is 6.29 Å². The van der Waals surface area contributed by atoms with Crippen LogP contribution in [0.3, 0.4) is 0 Å². The van der Waals surface area contributed by atoms with Gasteiger partial charge in [-0.1, -0.05) is 72.8 Å². The van der Waals surface area contributed by atoms with Gasteiger partial charge in [-0.05, 0) is 52.1 Å². The van der Waals surface area contributed by atoms with Crippen LogP contribution in [0.2, 0.25) is 0 Å². The van der Waals surface area contributed by atoms with Gasteiger partial charge in [0.1, 0.15) is 5.69 Å². The van der Waals surface area contributed by atoms with Crippen LogP contribution in [0, 0.1) is 0 Å². The topological polar surface area (TPSA) is 106 Å². The van der Waals surface area contributed by atoms with Crippen LogP contribution in [-0.2, 0) is 27.4 Å². The first-order valence-electron chi connectivity index (χ1n) is 16.1. The third kappa shape index (κ3) is 7.56. The SMILES string of the molecule is O=C(NCc1cccc(-c2cccc([C@H]3O[C@@H](CN4CCOCC4)C[C@@H](c4ccc(CO)cc4)O3)c2)c1)c1cnc2ccccc2n1. The molecule has 1 aromatic heterocycles. The molecule has 0 bridgehead atoms. The maximum atomic E-state index is 12.9. The third-order valence-electron chi connectivity index (χ3n) is 8.73. The normalized spacial score (nSPS) is 20.2. The van der Waals surface area contributed by atoms with Gasteiger partial charge in [-0.15, -0.1) is 0 Å². The minimum atomic E-state index is -0.539. The first-order chi connectivity index (χ1) is 23.1. The Hall–Kier alpha value is -4.51. The van der Waals surface area contributed by atoms with E-state index in [2.05, 4.69) is 44.5 Å². The zero-order valence-corrected chi connectivity index (χ0v) is 26.1. The Kier molecular flexibility index (Phi) is 9.60. The number of para-hydroxylation sites is 2. The Morgan fingerprint density at radius 2 is 1.60 bits per heavy atom. The van der Waals surface area contributed by atoms with Crippen LogP contribution in [0.4, 0.5) is 0 Å². The first kappa shape index (κ1) is 31.1. The number of hydrogen-bond acceptors (Lipinski definition) is 8. The van der Waals surface area contributed by atoms with Gasteiger partial charge in [0.05, 0.1) is 49.3 Å². The Balaban J connectivity index is 1.07. The Morgan fingerprint density at radius 3 is 2.40 bits per heavy atom. The van der Waals surface area contributed by atoms with Crippen molar-refractivity contribution in [3.05, 3.63) is 131 Å². The molecule has 0 saturated carbocycles. The van der Waals surface area contributed by atoms with E-state index in [1.54, 1.807) is 0 Å². The number of aliphatic hydroxyl groups excluding tert-OH is 1. The quantitative estimate of drug-likeness (QED) is 0.217. The predicted molar refractivity (Wildman–Crippen MR) is 178 cm³/mol. The lowest BCUT2D eigenvalue weighted by atomic mass is 9.98. The van der Waals surface area contributed by atoms with E-state index in [1.165, 1.54) is 6.20 Å². The molecule has 2 fully saturated rings. The smallest absolute Gasteiger partial charge is 0.271 e. The van der Waals surface area contributed by atoms with Gasteiger partial charge in [-0.2, -0.15) is 0 Å². The summed E-state index contributed by atoms with van der Waals surface area (Å²) in [6, 6.07) is 31.9. The predicted octanol–water partition coefficient (Wildman–Crippen LogP) is 5.60. The second-order valence-corrected chi connectivity index (χ2v) is 12.0. The lowest BCUT2D eigenvalue weighted by molar-refractivity contribution is -0.253. The molecule has 0 radical (unpaired) electrons. The number of amides is 1. The summed E-state index contributed by atoms with van der Waals surface area (Å²) in [4.78, 5) is 24.1. The van der Waals surface area contributed by atoms with Crippen LogP contribution in [0.1, 0.15) is 51.6 Å². The third-order valence-corrected chi connectivity index (χ3v) is 8.73. The maximum absolute atomic E-state index is 12.9. The van der Waals surface area contributed by atoms with Crippen LogP contribution in [0.15, 0.2) is 103 Å². The number of carbonyl (C=O) groups is 1. The van der Waals surface area contributed by atoms with Crippen molar-refractivity contribution in [2.75, 3.05) is 32.8 Å². The number of rotatable bonds is 9. The Labute approximate surface area is 274 Å². The number of nitrogens with zero attached hydrogens (tertiary/aromatic N) is 3. The molecule has 2 saturated heterocycles. The summed E-state index contributed by atoms with van der Waals surface area (Å²) < 4.78 is 18.8. The van der Waals surface area contributed by atoms with Gasteiger partial charge in [0.25, 0.3) is 5.91 Å². The number of nitrogens with one attached hydrogen (secondary N) is 1. The minimum absolute atomic E-state index is 0.0106. The number of hydrogen-bond donors (Lipinski definition) is 2. The summed E-state index contributed by atoms with van der Waals surface area (Å²) in [6.45, 7) is 4.44. The molecule has 7 rings (SSSR count). The van der Waals surface area contributed by atoms with Crippen LogP contribution >= 0.6 is 0 Å². The van der Waals surface area contributed by atoms with Gasteiger partial charge in [0, 0.05) is 38.2 Å². The van der Waals surface area contributed by atoms with Crippen molar-refractivity contribution in [1.82, 2.24) is 20.2 Å². The standard InChI is InChI=1S/C38H38N4O5/c43-25-26-11-13-28(14-12-26)36-21-32(24-42-15-17-45-18-16-42)46-38(47-36)31-8-4-7-30(20-31)29-6-3-5-27(19-29)22-40-37(44)35-23-39-33-9-1-2-10-34(33)41-35/h1-14,19-20,23,32,36,38,43H,15-18,21-22,24-25H2,(H,40,44)/t32-,36+,38+/m1/s1. The van der Waals surface area contributed by atoms with Gasteiger partial charge in [-0.3, -0.25) is 14.7 Å². The first-order valence-corrected chi connectivity index (χ1v) is 16.1. The molecule has 0 unspecified atom stereocenters. The fourth-order valence-corrected chi connectivity index (χ4v) is 6.17. The van der Waals surface area contributed by atoms with Gasteiger partial charge in [0.15, 0.2) is 6.29 Å². The number of ether oxygens (including phenoxy) is 3. The van der Waals surface area contributed by atoms with Crippen LogP contribution in [-0.4, -0.2) is 64.8 Å². The average molecular weight is 631 g/mol. The highest BCUT2D eigenvalue weighted by Crippen LogP contribution is 2.39. The van der Waals surface area contributed by atoms with Crippen molar-refractivity contribution in [2.24, 2.45) is 0 Å². The molecule has 3 atom stereocenters. The fourth-order valence-electron chi connectivity index (χ4n) is 6.17. The minimum Gasteiger partial charge on any atom is -0.392 e. The van der Waals surface area contributed by atoms with Crippen LogP contribution < -0.4 is 5.32 Å². The molecule has 9 heteroatoms. The summed E-state index contributed by atoms with van der Waals surface area (Å²) in [7, 11) is 0. The summed E-state index contributed by atoms with van der Waals surface area (Å²) in [5.74, 6) is -0.269. The van der Waals surface area contributed by atoms with Crippen LogP contribution in [0.5, 0.6) is 0 Å². The lowest BCUT2D eigenvalue weighted by Gasteiger charge is -2.39. The molecule has 47 heavy (non-hydrogen) atoms. The summed E-state index contributed by atoms with van der Waals surface area (Å²) in [5, 5.41) is 12.5. The van der Waals surface area contributed by atoms with E-state index in [1.807, 2.05) is 72.8 Å². The zero-order valence-electron chi connectivity index (χ0n) is 26.1. The largest absolute Gasteiger partial charge is 0.392 e. The number of benzene rings is 4. The van der Waals surface area contributed by atoms with E-state index >= 15 is 0 Å². The molecule has 4 aromatic carbocycles. The highest BCUT2D eigenvalue weighted by Gasteiger charge is 2.33. The second-order valence-electron chi connectivity index (χ2n) is 12.0. The molecule has 3 heterocycles. The van der Waals surface area contributed by atoms with E-state index in [0.717, 1.165) is 78.2 Å². The van der Waals surface area contributed by atoms with Crippen molar-refractivity contribution >= 4 is 16.9 Å². The van der Waals surface area contributed by atoms with Gasteiger partial charge in [0.2, 0.25) is 0 Å². The van der Waals surface area contributed by atoms with E-state index in [9.17, 15) is 9.90 Å². The van der Waals surface area contributed by atoms with Crippen molar-refractivity contribution in [3.8, 4) is 11.1 Å². The molecular formula is C38H38N4O5. The number of aliphatic hydroxyl groups is 1. The Bertz CT molecular complexity index is 1830. The van der Waals surface area contributed by atoms with E-state index in [4.69, 9.17) is 14.2 Å². The molecular weight excluding hydrogens is 592 g/mol. The molecule has 240 valence electrons. The monoisotopic (exact) mass is 630 g/mol. The molecule has 2 aliphatic heterocycles. The maximum Gasteiger partial charge on any atom is 0.271 e. The number of aromatic nitrogens is 2. The number of fused-ring (bicyclic) bond motifs is 1. The summed E-state index contributed by atoms with van der Waals surface area (Å²) >= 11 is 0. The van der Waals surface area contributed by atoms with Crippen molar-refractivity contribution in [1.29, 1.82) is 0 Å². The zero-order chi connectivity index (χ0) is 32.0. The van der Waals surface area contributed by atoms with Gasteiger partial charge >= 0.3 is 0 Å². The average Bonchev–Trinajstić information content (AvgIpc) is 3.14. The molecule has 5 aromatic rings. The van der Waals surface area contributed by atoms with Gasteiger partial charge in [-0.25, -0.2) is 4.98 Å². The van der Waals surface area contributed by atoms with Crippen molar-refractivity contribution in [2.45, 2.75) is 38.1 Å². The van der Waals surface area contributed by atoms with Crippen molar-refractivity contribution in [3.63, 3.8) is 0 Å². The Morgan fingerprint density at radius 1 is 0.830 bits per heavy atom. The van der Waals surface area contributed by atoms with Gasteiger partial charge < -0.3 is 24.6 Å².